The summed E-state index contributed by atoms with van der Waals surface area (Å²) in [6.07, 6.45) is 4.18. The van der Waals surface area contributed by atoms with Crippen LogP contribution >= 0.6 is 0 Å². The van der Waals surface area contributed by atoms with Crippen LogP contribution in [0.1, 0.15) is 23.2 Å². The minimum absolute atomic E-state index is 0.00795. The van der Waals surface area contributed by atoms with Crippen molar-refractivity contribution in [2.45, 2.75) is 18.9 Å². The maximum Gasteiger partial charge on any atom is 0.251 e. The average molecular weight is 319 g/mol. The lowest BCUT2D eigenvalue weighted by Gasteiger charge is -2.27. The number of carbonyl (C=O) groups is 1. The second-order valence-electron chi connectivity index (χ2n) is 6.31. The largest absolute Gasteiger partial charge is 0.367 e. The molecule has 0 radical (unpaired) electrons. The maximum absolute atomic E-state index is 12.5. The van der Waals surface area contributed by atoms with Crippen LogP contribution in [0.5, 0.6) is 0 Å². The third kappa shape index (κ3) is 2.87. The second kappa shape index (κ2) is 6.40. The number of H-pyrrole nitrogens is 1. The summed E-state index contributed by atoms with van der Waals surface area (Å²) < 4.78 is 0. The monoisotopic (exact) mass is 319 g/mol. The lowest BCUT2D eigenvalue weighted by Crippen LogP contribution is -2.40. The number of rotatable bonds is 4. The van der Waals surface area contributed by atoms with Crippen LogP contribution in [-0.4, -0.2) is 30.0 Å². The van der Waals surface area contributed by atoms with Crippen molar-refractivity contribution in [3.63, 3.8) is 0 Å². The van der Waals surface area contributed by atoms with Gasteiger partial charge in [-0.05, 0) is 48.6 Å². The number of para-hydroxylation sites is 1. The molecule has 122 valence electrons. The Bertz CT molecular complexity index is 840. The van der Waals surface area contributed by atoms with Crippen molar-refractivity contribution in [2.24, 2.45) is 0 Å². The molecule has 0 bridgehead atoms. The van der Waals surface area contributed by atoms with Gasteiger partial charge in [0.05, 0.1) is 0 Å². The predicted molar refractivity (Wildman–Crippen MR) is 97.4 cm³/mol. The van der Waals surface area contributed by atoms with Gasteiger partial charge < -0.3 is 15.2 Å². The molecule has 1 amide bonds. The van der Waals surface area contributed by atoms with Crippen LogP contribution in [0.2, 0.25) is 0 Å². The number of nitrogens with one attached hydrogen (secondary N) is 2. The smallest absolute Gasteiger partial charge is 0.251 e. The molecule has 1 aliphatic heterocycles. The van der Waals surface area contributed by atoms with E-state index < -0.39 is 0 Å². The minimum atomic E-state index is -0.00795. The Morgan fingerprint density at radius 3 is 2.92 bits per heavy atom. The summed E-state index contributed by atoms with van der Waals surface area (Å²) in [5.41, 5.74) is 2.94. The van der Waals surface area contributed by atoms with Crippen LogP contribution < -0.4 is 10.2 Å². The highest BCUT2D eigenvalue weighted by Gasteiger charge is 2.25. The molecule has 0 aliphatic carbocycles. The van der Waals surface area contributed by atoms with E-state index >= 15 is 0 Å². The Morgan fingerprint density at radius 2 is 2.04 bits per heavy atom. The second-order valence-corrected chi connectivity index (χ2v) is 6.31. The molecule has 4 rings (SSSR count). The van der Waals surface area contributed by atoms with Crippen molar-refractivity contribution >= 4 is 22.5 Å². The predicted octanol–water partition coefficient (Wildman–Crippen LogP) is 3.57. The van der Waals surface area contributed by atoms with Gasteiger partial charge >= 0.3 is 0 Å². The Balaban J connectivity index is 1.43. The van der Waals surface area contributed by atoms with Crippen LogP contribution in [0, 0.1) is 0 Å². The van der Waals surface area contributed by atoms with E-state index in [0.29, 0.717) is 18.2 Å². The fraction of sp³-hybridized carbons (Fsp3) is 0.250. The first-order valence-electron chi connectivity index (χ1n) is 8.48. The number of hydrogen-bond donors (Lipinski definition) is 2. The van der Waals surface area contributed by atoms with Crippen LogP contribution in [0.25, 0.3) is 10.9 Å². The van der Waals surface area contributed by atoms with Gasteiger partial charge in [0.15, 0.2) is 0 Å². The molecule has 4 nitrogen and oxygen atoms in total. The Kier molecular flexibility index (Phi) is 3.95. The van der Waals surface area contributed by atoms with Crippen molar-refractivity contribution in [1.29, 1.82) is 0 Å². The number of aromatic amines is 1. The lowest BCUT2D eigenvalue weighted by atomic mass is 10.1. The van der Waals surface area contributed by atoms with E-state index in [4.69, 9.17) is 0 Å². The number of carbonyl (C=O) groups excluding carboxylic acids is 1. The maximum atomic E-state index is 12.5. The number of nitrogens with zero attached hydrogens (tertiary/aromatic N) is 1. The van der Waals surface area contributed by atoms with Crippen molar-refractivity contribution in [2.75, 3.05) is 18.0 Å². The van der Waals surface area contributed by atoms with Crippen molar-refractivity contribution in [3.05, 3.63) is 66.4 Å². The summed E-state index contributed by atoms with van der Waals surface area (Å²) in [7, 11) is 0. The van der Waals surface area contributed by atoms with E-state index in [1.54, 1.807) is 0 Å². The van der Waals surface area contributed by atoms with E-state index in [1.807, 2.05) is 36.5 Å². The summed E-state index contributed by atoms with van der Waals surface area (Å²) in [6, 6.07) is 18.6. The highest BCUT2D eigenvalue weighted by Crippen LogP contribution is 2.24. The third-order valence-corrected chi connectivity index (χ3v) is 4.78. The van der Waals surface area contributed by atoms with Gasteiger partial charge in [-0.2, -0.15) is 0 Å². The van der Waals surface area contributed by atoms with E-state index in [9.17, 15) is 4.79 Å². The van der Waals surface area contributed by atoms with E-state index in [1.165, 1.54) is 12.1 Å². The van der Waals surface area contributed by atoms with Crippen LogP contribution in [0.15, 0.2) is 60.8 Å². The number of anilines is 1. The summed E-state index contributed by atoms with van der Waals surface area (Å²) >= 11 is 0. The molecule has 24 heavy (non-hydrogen) atoms. The number of benzene rings is 2. The van der Waals surface area contributed by atoms with E-state index in [2.05, 4.69) is 39.5 Å². The van der Waals surface area contributed by atoms with Crippen LogP contribution in [0.3, 0.4) is 0 Å². The molecule has 1 saturated heterocycles. The molecule has 1 aromatic heterocycles. The van der Waals surface area contributed by atoms with Crippen molar-refractivity contribution in [1.82, 2.24) is 10.3 Å². The zero-order valence-corrected chi connectivity index (χ0v) is 13.5. The molecule has 0 saturated carbocycles. The molecule has 1 atom stereocenters. The molecule has 3 aromatic rings. The molecule has 2 aromatic carbocycles. The van der Waals surface area contributed by atoms with Gasteiger partial charge in [0.25, 0.3) is 5.91 Å². The van der Waals surface area contributed by atoms with E-state index in [-0.39, 0.29) is 5.91 Å². The molecule has 1 unspecified atom stereocenters. The van der Waals surface area contributed by atoms with Gasteiger partial charge in [-0.3, -0.25) is 4.79 Å². The minimum Gasteiger partial charge on any atom is -0.367 e. The molecule has 1 fully saturated rings. The van der Waals surface area contributed by atoms with Gasteiger partial charge in [0.2, 0.25) is 0 Å². The number of fused-ring (bicyclic) bond motifs is 1. The Hall–Kier alpha value is -2.75. The number of hydrogen-bond acceptors (Lipinski definition) is 2. The quantitative estimate of drug-likeness (QED) is 0.772. The van der Waals surface area contributed by atoms with Gasteiger partial charge in [-0.15, -0.1) is 0 Å². The standard InChI is InChI=1S/C20H21N3O/c24-20(16-9-8-15-10-11-21-19(15)13-16)22-14-18-7-4-12-23(18)17-5-2-1-3-6-17/h1-3,5-6,8-11,13,18,21H,4,7,12,14H2,(H,22,24). The first kappa shape index (κ1) is 14.8. The molecular formula is C20H21N3O. The lowest BCUT2D eigenvalue weighted by molar-refractivity contribution is 0.0951. The normalized spacial score (nSPS) is 17.3. The Morgan fingerprint density at radius 1 is 1.17 bits per heavy atom. The third-order valence-electron chi connectivity index (χ3n) is 4.78. The zero-order chi connectivity index (χ0) is 16.4. The number of aromatic nitrogens is 1. The molecule has 2 heterocycles. The highest BCUT2D eigenvalue weighted by atomic mass is 16.1. The van der Waals surface area contributed by atoms with Crippen molar-refractivity contribution < 1.29 is 4.79 Å². The fourth-order valence-electron chi connectivity index (χ4n) is 3.51. The molecule has 2 N–H and O–H groups in total. The Labute approximate surface area is 141 Å². The topological polar surface area (TPSA) is 48.1 Å². The molecule has 4 heteroatoms. The molecule has 0 spiro atoms. The molecular weight excluding hydrogens is 298 g/mol. The molecule has 1 aliphatic rings. The first-order chi connectivity index (χ1) is 11.8. The van der Waals surface area contributed by atoms with Gasteiger partial charge in [0, 0.05) is 42.1 Å². The SMILES string of the molecule is O=C(NCC1CCCN1c1ccccc1)c1ccc2cc[nH]c2c1. The van der Waals surface area contributed by atoms with Gasteiger partial charge in [-0.1, -0.05) is 24.3 Å². The first-order valence-corrected chi connectivity index (χ1v) is 8.48. The fourth-order valence-corrected chi connectivity index (χ4v) is 3.51. The zero-order valence-electron chi connectivity index (χ0n) is 13.5. The summed E-state index contributed by atoms with van der Waals surface area (Å²) in [6.45, 7) is 1.73. The number of amides is 1. The van der Waals surface area contributed by atoms with Gasteiger partial charge in [-0.25, -0.2) is 0 Å². The van der Waals surface area contributed by atoms with Crippen LogP contribution in [0.4, 0.5) is 5.69 Å². The summed E-state index contributed by atoms with van der Waals surface area (Å²) in [5, 5.41) is 4.23. The highest BCUT2D eigenvalue weighted by molar-refractivity contribution is 5.97. The summed E-state index contributed by atoms with van der Waals surface area (Å²) in [5.74, 6) is -0.00795. The van der Waals surface area contributed by atoms with E-state index in [0.717, 1.165) is 23.9 Å². The average Bonchev–Trinajstić information content (AvgIpc) is 3.28. The van der Waals surface area contributed by atoms with Gasteiger partial charge in [0.1, 0.15) is 0 Å². The van der Waals surface area contributed by atoms with Crippen LogP contribution in [-0.2, 0) is 0 Å². The van der Waals surface area contributed by atoms with Crippen molar-refractivity contribution in [3.8, 4) is 0 Å². The summed E-state index contributed by atoms with van der Waals surface area (Å²) in [4.78, 5) is 18.0.